The van der Waals surface area contributed by atoms with E-state index in [-0.39, 0.29) is 24.2 Å². The van der Waals surface area contributed by atoms with Gasteiger partial charge in [-0.3, -0.25) is 9.59 Å². The molecule has 0 radical (unpaired) electrons. The van der Waals surface area contributed by atoms with Gasteiger partial charge in [0.25, 0.3) is 0 Å². The molecule has 30 heavy (non-hydrogen) atoms. The first-order valence-electron chi connectivity index (χ1n) is 10.2. The SMILES string of the molecule is COc1cccc(CC(=O)Nc2ccc3sc(NC(=O)C4CCCCC4)nc3c2)c1. The van der Waals surface area contributed by atoms with Crippen LogP contribution in [0.5, 0.6) is 5.75 Å². The van der Waals surface area contributed by atoms with Crippen LogP contribution in [0.2, 0.25) is 0 Å². The quantitative estimate of drug-likeness (QED) is 0.584. The molecule has 7 heteroatoms. The van der Waals surface area contributed by atoms with Crippen molar-refractivity contribution in [1.82, 2.24) is 4.98 Å². The van der Waals surface area contributed by atoms with E-state index in [4.69, 9.17) is 4.74 Å². The molecule has 0 spiro atoms. The zero-order chi connectivity index (χ0) is 20.9. The lowest BCUT2D eigenvalue weighted by Crippen LogP contribution is -2.24. The monoisotopic (exact) mass is 423 g/mol. The third-order valence-corrected chi connectivity index (χ3v) is 6.33. The summed E-state index contributed by atoms with van der Waals surface area (Å²) in [5, 5.41) is 6.50. The predicted molar refractivity (Wildman–Crippen MR) is 120 cm³/mol. The molecule has 2 aromatic carbocycles. The molecule has 1 aliphatic rings. The van der Waals surface area contributed by atoms with Gasteiger partial charge in [0.1, 0.15) is 5.75 Å². The van der Waals surface area contributed by atoms with Crippen LogP contribution in [0.3, 0.4) is 0 Å². The van der Waals surface area contributed by atoms with Gasteiger partial charge < -0.3 is 15.4 Å². The second kappa shape index (κ2) is 9.26. The van der Waals surface area contributed by atoms with E-state index in [1.165, 1.54) is 17.8 Å². The molecule has 1 fully saturated rings. The number of hydrogen-bond acceptors (Lipinski definition) is 5. The van der Waals surface area contributed by atoms with Gasteiger partial charge in [0.2, 0.25) is 11.8 Å². The largest absolute Gasteiger partial charge is 0.497 e. The fourth-order valence-corrected chi connectivity index (χ4v) is 4.65. The molecule has 4 rings (SSSR count). The van der Waals surface area contributed by atoms with Crippen molar-refractivity contribution in [3.63, 3.8) is 0 Å². The zero-order valence-electron chi connectivity index (χ0n) is 16.9. The Morgan fingerprint density at radius 1 is 1.10 bits per heavy atom. The molecule has 1 heterocycles. The molecule has 0 saturated heterocycles. The van der Waals surface area contributed by atoms with Crippen LogP contribution in [0, 0.1) is 5.92 Å². The number of rotatable bonds is 6. The molecule has 2 N–H and O–H groups in total. The number of nitrogens with zero attached hydrogens (tertiary/aromatic N) is 1. The summed E-state index contributed by atoms with van der Waals surface area (Å²) in [5.41, 5.74) is 2.33. The number of thiazole rings is 1. The summed E-state index contributed by atoms with van der Waals surface area (Å²) in [4.78, 5) is 29.4. The number of fused-ring (bicyclic) bond motifs is 1. The molecule has 6 nitrogen and oxygen atoms in total. The third-order valence-electron chi connectivity index (χ3n) is 5.38. The number of amides is 2. The van der Waals surface area contributed by atoms with Gasteiger partial charge in [-0.2, -0.15) is 0 Å². The van der Waals surface area contributed by atoms with Gasteiger partial charge in [-0.25, -0.2) is 4.98 Å². The van der Waals surface area contributed by atoms with Crippen LogP contribution in [-0.2, 0) is 16.0 Å². The Morgan fingerprint density at radius 2 is 1.93 bits per heavy atom. The maximum atomic E-state index is 12.5. The fraction of sp³-hybridized carbons (Fsp3) is 0.348. The second-order valence-electron chi connectivity index (χ2n) is 7.60. The van der Waals surface area contributed by atoms with Crippen LogP contribution in [-0.4, -0.2) is 23.9 Å². The minimum atomic E-state index is -0.108. The summed E-state index contributed by atoms with van der Waals surface area (Å²) < 4.78 is 6.17. The van der Waals surface area contributed by atoms with Gasteiger partial charge in [-0.15, -0.1) is 0 Å². The van der Waals surface area contributed by atoms with Gasteiger partial charge in [0.05, 0.1) is 23.7 Å². The van der Waals surface area contributed by atoms with Crippen molar-refractivity contribution in [2.45, 2.75) is 38.5 Å². The average molecular weight is 424 g/mol. The maximum Gasteiger partial charge on any atom is 0.229 e. The predicted octanol–water partition coefficient (Wildman–Crippen LogP) is 5.00. The van der Waals surface area contributed by atoms with E-state index in [2.05, 4.69) is 15.6 Å². The van der Waals surface area contributed by atoms with Crippen LogP contribution in [0.4, 0.5) is 10.8 Å². The van der Waals surface area contributed by atoms with E-state index < -0.39 is 0 Å². The van der Waals surface area contributed by atoms with Crippen LogP contribution >= 0.6 is 11.3 Å². The number of ether oxygens (including phenoxy) is 1. The summed E-state index contributed by atoms with van der Waals surface area (Å²) >= 11 is 1.45. The van der Waals surface area contributed by atoms with E-state index in [0.29, 0.717) is 10.8 Å². The number of methoxy groups -OCH3 is 1. The Labute approximate surface area is 179 Å². The molecule has 0 aliphatic heterocycles. The fourth-order valence-electron chi connectivity index (χ4n) is 3.80. The zero-order valence-corrected chi connectivity index (χ0v) is 17.8. The van der Waals surface area contributed by atoms with Crippen LogP contribution in [0.25, 0.3) is 10.2 Å². The van der Waals surface area contributed by atoms with Gasteiger partial charge in [-0.1, -0.05) is 42.7 Å². The van der Waals surface area contributed by atoms with E-state index in [0.717, 1.165) is 47.2 Å². The van der Waals surface area contributed by atoms with Crippen molar-refractivity contribution in [2.75, 3.05) is 17.7 Å². The summed E-state index contributed by atoms with van der Waals surface area (Å²) in [7, 11) is 1.61. The first-order chi connectivity index (χ1) is 14.6. The van der Waals surface area contributed by atoms with Gasteiger partial charge in [-0.05, 0) is 48.7 Å². The highest BCUT2D eigenvalue weighted by atomic mass is 32.1. The maximum absolute atomic E-state index is 12.5. The van der Waals surface area contributed by atoms with Crippen LogP contribution < -0.4 is 15.4 Å². The first kappa shape index (κ1) is 20.3. The summed E-state index contributed by atoms with van der Waals surface area (Å²) in [6, 6.07) is 13.1. The summed E-state index contributed by atoms with van der Waals surface area (Å²) in [6.45, 7) is 0. The van der Waals surface area contributed by atoms with E-state index >= 15 is 0 Å². The van der Waals surface area contributed by atoms with E-state index in [1.807, 2.05) is 42.5 Å². The molecule has 1 aromatic heterocycles. The first-order valence-corrected chi connectivity index (χ1v) is 11.1. The normalized spacial score (nSPS) is 14.4. The molecule has 3 aromatic rings. The lowest BCUT2D eigenvalue weighted by atomic mass is 9.89. The van der Waals surface area contributed by atoms with Gasteiger partial charge in [0.15, 0.2) is 5.13 Å². The average Bonchev–Trinajstić information content (AvgIpc) is 3.15. The number of nitrogens with one attached hydrogen (secondary N) is 2. The molecule has 1 saturated carbocycles. The van der Waals surface area contributed by atoms with E-state index in [1.54, 1.807) is 7.11 Å². The molecule has 1 aliphatic carbocycles. The molecule has 2 amide bonds. The summed E-state index contributed by atoms with van der Waals surface area (Å²) in [6.07, 6.45) is 5.64. The smallest absolute Gasteiger partial charge is 0.229 e. The minimum absolute atomic E-state index is 0.0700. The minimum Gasteiger partial charge on any atom is -0.497 e. The number of aromatic nitrogens is 1. The Bertz CT molecular complexity index is 1060. The highest BCUT2D eigenvalue weighted by Crippen LogP contribution is 2.30. The van der Waals surface area contributed by atoms with Crippen molar-refractivity contribution in [3.05, 3.63) is 48.0 Å². The van der Waals surface area contributed by atoms with Crippen molar-refractivity contribution < 1.29 is 14.3 Å². The third kappa shape index (κ3) is 4.97. The van der Waals surface area contributed by atoms with E-state index in [9.17, 15) is 9.59 Å². The van der Waals surface area contributed by atoms with Crippen LogP contribution in [0.15, 0.2) is 42.5 Å². The van der Waals surface area contributed by atoms with Gasteiger partial charge >= 0.3 is 0 Å². The molecular weight excluding hydrogens is 398 g/mol. The van der Waals surface area contributed by atoms with Crippen molar-refractivity contribution in [3.8, 4) is 5.75 Å². The Kier molecular flexibility index (Phi) is 6.28. The number of carbonyl (C=O) groups excluding carboxylic acids is 2. The Hall–Kier alpha value is -2.93. The molecule has 0 atom stereocenters. The Morgan fingerprint density at radius 3 is 2.73 bits per heavy atom. The number of hydrogen-bond donors (Lipinski definition) is 2. The lowest BCUT2D eigenvalue weighted by molar-refractivity contribution is -0.120. The molecular formula is C23H25N3O3S. The molecule has 0 unspecified atom stereocenters. The van der Waals surface area contributed by atoms with Crippen LogP contribution in [0.1, 0.15) is 37.7 Å². The number of anilines is 2. The summed E-state index contributed by atoms with van der Waals surface area (Å²) in [5.74, 6) is 0.786. The topological polar surface area (TPSA) is 80.3 Å². The standard InChI is InChI=1S/C23H25N3O3S/c1-29-18-9-5-6-15(12-18)13-21(27)24-17-10-11-20-19(14-17)25-23(30-20)26-22(28)16-7-3-2-4-8-16/h5-6,9-12,14,16H,2-4,7-8,13H2,1H3,(H,24,27)(H,25,26,28). The highest BCUT2D eigenvalue weighted by molar-refractivity contribution is 7.22. The molecule has 0 bridgehead atoms. The van der Waals surface area contributed by atoms with Crippen molar-refractivity contribution >= 4 is 44.2 Å². The lowest BCUT2D eigenvalue weighted by Gasteiger charge is -2.19. The van der Waals surface area contributed by atoms with Gasteiger partial charge in [0, 0.05) is 11.6 Å². The highest BCUT2D eigenvalue weighted by Gasteiger charge is 2.22. The Balaban J connectivity index is 1.40. The van der Waals surface area contributed by atoms with Crippen molar-refractivity contribution in [1.29, 1.82) is 0 Å². The number of benzene rings is 2. The number of carbonyl (C=O) groups is 2. The molecule has 156 valence electrons. The van der Waals surface area contributed by atoms with Crippen molar-refractivity contribution in [2.24, 2.45) is 5.92 Å². The second-order valence-corrected chi connectivity index (χ2v) is 8.63.